The van der Waals surface area contributed by atoms with E-state index in [-0.39, 0.29) is 11.9 Å². The highest BCUT2D eigenvalue weighted by atomic mass is 16.5. The summed E-state index contributed by atoms with van der Waals surface area (Å²) in [6.45, 7) is 4.12. The highest BCUT2D eigenvalue weighted by molar-refractivity contribution is 6.05. The first kappa shape index (κ1) is 21.4. The Morgan fingerprint density at radius 1 is 1.00 bits per heavy atom. The smallest absolute Gasteiger partial charge is 0.257 e. The van der Waals surface area contributed by atoms with E-state index in [0.29, 0.717) is 13.0 Å². The van der Waals surface area contributed by atoms with Gasteiger partial charge >= 0.3 is 0 Å². The number of carbonyl (C=O) groups is 1. The van der Waals surface area contributed by atoms with Crippen molar-refractivity contribution in [3.63, 3.8) is 0 Å². The summed E-state index contributed by atoms with van der Waals surface area (Å²) in [5, 5.41) is 6.55. The van der Waals surface area contributed by atoms with Gasteiger partial charge < -0.3 is 4.74 Å². The lowest BCUT2D eigenvalue weighted by Gasteiger charge is -2.30. The van der Waals surface area contributed by atoms with E-state index in [9.17, 15) is 4.79 Å². The third kappa shape index (κ3) is 4.41. The van der Waals surface area contributed by atoms with E-state index in [1.54, 1.807) is 12.1 Å². The fourth-order valence-corrected chi connectivity index (χ4v) is 4.79. The number of carbonyl (C=O) groups excluding carboxylic acids is 1. The fourth-order valence-electron chi connectivity index (χ4n) is 4.79. The number of hydrogen-bond acceptors (Lipinski definition) is 4. The van der Waals surface area contributed by atoms with Crippen molar-refractivity contribution in [2.24, 2.45) is 5.10 Å². The van der Waals surface area contributed by atoms with Gasteiger partial charge in [0, 0.05) is 25.1 Å². The van der Waals surface area contributed by atoms with E-state index in [4.69, 9.17) is 9.84 Å². The van der Waals surface area contributed by atoms with Crippen molar-refractivity contribution in [2.45, 2.75) is 32.4 Å². The van der Waals surface area contributed by atoms with Gasteiger partial charge in [-0.05, 0) is 42.2 Å². The summed E-state index contributed by atoms with van der Waals surface area (Å²) in [6.07, 6.45) is 1.64. The predicted octanol–water partition coefficient (Wildman–Crippen LogP) is 4.74. The van der Waals surface area contributed by atoms with Crippen LogP contribution in [-0.4, -0.2) is 41.7 Å². The number of hydrazone groups is 1. The number of methoxy groups -OCH3 is 1. The van der Waals surface area contributed by atoms with Gasteiger partial charge in [-0.25, -0.2) is 5.01 Å². The van der Waals surface area contributed by atoms with Crippen LogP contribution in [0.5, 0.6) is 5.75 Å². The Kier molecular flexibility index (Phi) is 5.97. The molecule has 2 heterocycles. The van der Waals surface area contributed by atoms with Gasteiger partial charge in [0.05, 0.1) is 25.4 Å². The molecule has 5 rings (SSSR count). The maximum absolute atomic E-state index is 13.6. The van der Waals surface area contributed by atoms with E-state index in [1.807, 2.05) is 24.3 Å². The van der Waals surface area contributed by atoms with Crippen molar-refractivity contribution in [1.82, 2.24) is 9.91 Å². The molecule has 0 saturated carbocycles. The van der Waals surface area contributed by atoms with Crippen molar-refractivity contribution in [2.75, 3.05) is 20.2 Å². The zero-order chi connectivity index (χ0) is 22.8. The minimum absolute atomic E-state index is 0.0323. The van der Waals surface area contributed by atoms with Crippen LogP contribution in [-0.2, 0) is 17.8 Å². The molecule has 1 atom stereocenters. The van der Waals surface area contributed by atoms with Crippen LogP contribution in [0.15, 0.2) is 77.9 Å². The van der Waals surface area contributed by atoms with E-state index >= 15 is 0 Å². The number of benzene rings is 3. The molecule has 3 aromatic rings. The van der Waals surface area contributed by atoms with Gasteiger partial charge in [-0.2, -0.15) is 5.10 Å². The molecule has 0 N–H and O–H groups in total. The van der Waals surface area contributed by atoms with Crippen LogP contribution in [0.1, 0.15) is 40.3 Å². The number of para-hydroxylation sites is 1. The normalized spacial score (nSPS) is 18.1. The van der Waals surface area contributed by atoms with E-state index in [0.717, 1.165) is 42.1 Å². The Labute approximate surface area is 195 Å². The third-order valence-corrected chi connectivity index (χ3v) is 6.61. The lowest BCUT2D eigenvalue weighted by molar-refractivity contribution is -0.134. The number of rotatable bonds is 5. The van der Waals surface area contributed by atoms with Crippen molar-refractivity contribution in [1.29, 1.82) is 0 Å². The number of nitrogens with zero attached hydrogens (tertiary/aromatic N) is 3. The molecule has 2 aliphatic rings. The van der Waals surface area contributed by atoms with Gasteiger partial charge in [-0.1, -0.05) is 66.2 Å². The summed E-state index contributed by atoms with van der Waals surface area (Å²) in [5.74, 6) is 0.811. The second kappa shape index (κ2) is 9.20. The second-order valence-corrected chi connectivity index (χ2v) is 8.85. The zero-order valence-electron chi connectivity index (χ0n) is 19.2. The molecule has 33 heavy (non-hydrogen) atoms. The summed E-state index contributed by atoms with van der Waals surface area (Å²) in [6, 6.07) is 24.7. The SMILES string of the molecule is COc1ccccc1C1=NN(C(=O)CN2CCc3ccccc3C2)C(c2ccc(C)cc2)C1. The zero-order valence-corrected chi connectivity index (χ0v) is 19.2. The largest absolute Gasteiger partial charge is 0.496 e. The Hall–Kier alpha value is -3.44. The number of fused-ring (bicyclic) bond motifs is 1. The molecule has 2 aliphatic heterocycles. The quantitative estimate of drug-likeness (QED) is 0.577. The molecule has 0 radical (unpaired) electrons. The molecule has 0 spiro atoms. The van der Waals surface area contributed by atoms with Gasteiger partial charge in [-0.15, -0.1) is 0 Å². The number of ether oxygens (including phenoxy) is 1. The molecule has 168 valence electrons. The van der Waals surface area contributed by atoms with Crippen LogP contribution < -0.4 is 4.74 Å². The van der Waals surface area contributed by atoms with Crippen LogP contribution in [0, 0.1) is 6.92 Å². The Balaban J connectivity index is 1.42. The molecule has 0 bridgehead atoms. The first-order valence-electron chi connectivity index (χ1n) is 11.5. The second-order valence-electron chi connectivity index (χ2n) is 8.85. The van der Waals surface area contributed by atoms with Gasteiger partial charge in [0.1, 0.15) is 5.75 Å². The third-order valence-electron chi connectivity index (χ3n) is 6.61. The van der Waals surface area contributed by atoms with Crippen molar-refractivity contribution >= 4 is 11.6 Å². The molecular formula is C28H29N3O2. The molecular weight excluding hydrogens is 410 g/mol. The lowest BCUT2D eigenvalue weighted by Crippen LogP contribution is -2.40. The molecule has 1 unspecified atom stereocenters. The molecule has 0 aromatic heterocycles. The summed E-state index contributed by atoms with van der Waals surface area (Å²) in [5.41, 5.74) is 6.83. The Morgan fingerprint density at radius 2 is 1.73 bits per heavy atom. The Morgan fingerprint density at radius 3 is 2.52 bits per heavy atom. The predicted molar refractivity (Wildman–Crippen MR) is 130 cm³/mol. The highest BCUT2D eigenvalue weighted by Gasteiger charge is 2.34. The van der Waals surface area contributed by atoms with Gasteiger partial charge in [0.15, 0.2) is 0 Å². The summed E-state index contributed by atoms with van der Waals surface area (Å²) >= 11 is 0. The molecule has 5 heteroatoms. The van der Waals surface area contributed by atoms with Crippen LogP contribution in [0.25, 0.3) is 0 Å². The van der Waals surface area contributed by atoms with E-state index in [1.165, 1.54) is 16.7 Å². The average molecular weight is 440 g/mol. The summed E-state index contributed by atoms with van der Waals surface area (Å²) in [4.78, 5) is 15.8. The van der Waals surface area contributed by atoms with Gasteiger partial charge in [0.2, 0.25) is 0 Å². The van der Waals surface area contributed by atoms with Gasteiger partial charge in [0.25, 0.3) is 5.91 Å². The first-order chi connectivity index (χ1) is 16.1. The highest BCUT2D eigenvalue weighted by Crippen LogP contribution is 2.35. The molecule has 0 saturated heterocycles. The van der Waals surface area contributed by atoms with Crippen molar-refractivity contribution in [3.05, 3.63) is 101 Å². The van der Waals surface area contributed by atoms with Crippen LogP contribution in [0.4, 0.5) is 0 Å². The molecule has 1 amide bonds. The summed E-state index contributed by atoms with van der Waals surface area (Å²) < 4.78 is 5.57. The summed E-state index contributed by atoms with van der Waals surface area (Å²) in [7, 11) is 1.67. The first-order valence-corrected chi connectivity index (χ1v) is 11.5. The number of amides is 1. The molecule has 0 fully saturated rings. The lowest BCUT2D eigenvalue weighted by atomic mass is 9.97. The minimum atomic E-state index is -0.116. The van der Waals surface area contributed by atoms with E-state index in [2.05, 4.69) is 60.4 Å². The maximum atomic E-state index is 13.6. The van der Waals surface area contributed by atoms with Crippen LogP contribution in [0.2, 0.25) is 0 Å². The van der Waals surface area contributed by atoms with E-state index < -0.39 is 0 Å². The maximum Gasteiger partial charge on any atom is 0.257 e. The minimum Gasteiger partial charge on any atom is -0.496 e. The molecule has 0 aliphatic carbocycles. The van der Waals surface area contributed by atoms with Crippen molar-refractivity contribution in [3.8, 4) is 5.75 Å². The Bertz CT molecular complexity index is 1190. The monoisotopic (exact) mass is 439 g/mol. The van der Waals surface area contributed by atoms with Crippen molar-refractivity contribution < 1.29 is 9.53 Å². The van der Waals surface area contributed by atoms with Crippen LogP contribution >= 0.6 is 0 Å². The average Bonchev–Trinajstić information content (AvgIpc) is 3.30. The fraction of sp³-hybridized carbons (Fsp3) is 0.286. The van der Waals surface area contributed by atoms with Crippen LogP contribution in [0.3, 0.4) is 0 Å². The number of aryl methyl sites for hydroxylation is 1. The topological polar surface area (TPSA) is 45.1 Å². The molecule has 5 nitrogen and oxygen atoms in total. The number of hydrogen-bond donors (Lipinski definition) is 0. The standard InChI is InChI=1S/C28H29N3O2/c1-20-11-13-22(14-12-20)26-17-25(24-9-5-6-10-27(24)33-2)29-31(26)28(32)19-30-16-15-21-7-3-4-8-23(21)18-30/h3-14,26H,15-19H2,1-2H3. The van der Waals surface area contributed by atoms with Gasteiger partial charge in [-0.3, -0.25) is 9.69 Å². The molecule has 3 aromatic carbocycles.